The van der Waals surface area contributed by atoms with E-state index in [1.54, 1.807) is 12.1 Å². The molecule has 5 rings (SSSR count). The molecule has 4 aromatic rings. The minimum absolute atomic E-state index is 0.311. The van der Waals surface area contributed by atoms with Crippen LogP contribution in [0.25, 0.3) is 22.2 Å². The van der Waals surface area contributed by atoms with Crippen LogP contribution in [0.2, 0.25) is 0 Å². The summed E-state index contributed by atoms with van der Waals surface area (Å²) < 4.78 is 26.4. The Hall–Kier alpha value is -3.30. The van der Waals surface area contributed by atoms with E-state index in [1.165, 1.54) is 36.7 Å². The fraction of sp³-hybridized carbons (Fsp3) is 0.393. The number of aromatic nitrogens is 3. The van der Waals surface area contributed by atoms with Gasteiger partial charge in [0.15, 0.2) is 11.5 Å². The van der Waals surface area contributed by atoms with Crippen molar-refractivity contribution in [2.45, 2.75) is 46.6 Å². The predicted molar refractivity (Wildman–Crippen MR) is 147 cm³/mol. The van der Waals surface area contributed by atoms with E-state index in [9.17, 15) is 4.39 Å². The number of halogens is 1. The molecular weight excluding hydrogens is 489 g/mol. The molecule has 9 heteroatoms. The van der Waals surface area contributed by atoms with Gasteiger partial charge in [0.05, 0.1) is 36.0 Å². The number of benzene rings is 2. The van der Waals surface area contributed by atoms with E-state index >= 15 is 0 Å². The summed E-state index contributed by atoms with van der Waals surface area (Å²) in [5.74, 6) is 2.38. The molecule has 3 heterocycles. The average Bonchev–Trinajstić information content (AvgIpc) is 3.33. The first-order valence-corrected chi connectivity index (χ1v) is 13.7. The monoisotopic (exact) mass is 521 g/mol. The Morgan fingerprint density at radius 2 is 1.73 bits per heavy atom. The second-order valence-electron chi connectivity index (χ2n) is 9.08. The lowest BCUT2D eigenvalue weighted by Crippen LogP contribution is -2.30. The Morgan fingerprint density at radius 3 is 2.43 bits per heavy atom. The van der Waals surface area contributed by atoms with Gasteiger partial charge in [-0.1, -0.05) is 6.42 Å². The highest BCUT2D eigenvalue weighted by molar-refractivity contribution is 7.09. The molecule has 1 N–H and O–H groups in total. The topological polar surface area (TPSA) is 72.4 Å². The van der Waals surface area contributed by atoms with E-state index in [0.29, 0.717) is 48.3 Å². The molecule has 0 unspecified atom stereocenters. The number of nitrogens with one attached hydrogen (secondary N) is 1. The van der Waals surface area contributed by atoms with E-state index in [4.69, 9.17) is 19.4 Å². The first-order chi connectivity index (χ1) is 18.0. The highest BCUT2D eigenvalue weighted by Crippen LogP contribution is 2.36. The van der Waals surface area contributed by atoms with Crippen molar-refractivity contribution in [3.05, 3.63) is 52.4 Å². The number of piperidine rings is 1. The summed E-state index contributed by atoms with van der Waals surface area (Å²) in [6.07, 6.45) is 3.66. The number of likely N-dealkylation sites (tertiary alicyclic amines) is 1. The smallest absolute Gasteiger partial charge is 0.163 e. The first-order valence-electron chi connectivity index (χ1n) is 12.9. The first kappa shape index (κ1) is 25.4. The lowest BCUT2D eigenvalue weighted by molar-refractivity contribution is 0.216. The lowest BCUT2D eigenvalue weighted by Gasteiger charge is -2.26. The molecule has 0 atom stereocenters. The van der Waals surface area contributed by atoms with Gasteiger partial charge in [0, 0.05) is 28.1 Å². The van der Waals surface area contributed by atoms with Gasteiger partial charge in [0.2, 0.25) is 0 Å². The molecule has 2 aromatic carbocycles. The molecule has 7 nitrogen and oxygen atoms in total. The van der Waals surface area contributed by atoms with E-state index < -0.39 is 0 Å². The zero-order valence-corrected chi connectivity index (χ0v) is 22.3. The molecule has 0 saturated carbocycles. The number of thiazole rings is 1. The van der Waals surface area contributed by atoms with Gasteiger partial charge in [-0.2, -0.15) is 0 Å². The van der Waals surface area contributed by atoms with E-state index in [0.717, 1.165) is 40.5 Å². The van der Waals surface area contributed by atoms with Crippen molar-refractivity contribution < 1.29 is 13.9 Å². The largest absolute Gasteiger partial charge is 0.490 e. The van der Waals surface area contributed by atoms with Gasteiger partial charge in [0.1, 0.15) is 17.5 Å². The van der Waals surface area contributed by atoms with Crippen LogP contribution in [-0.4, -0.2) is 46.2 Å². The van der Waals surface area contributed by atoms with Crippen LogP contribution >= 0.6 is 11.3 Å². The van der Waals surface area contributed by atoms with Crippen molar-refractivity contribution in [2.75, 3.05) is 31.6 Å². The Morgan fingerprint density at radius 1 is 0.973 bits per heavy atom. The normalized spacial score (nSPS) is 14.2. The van der Waals surface area contributed by atoms with Crippen molar-refractivity contribution in [1.29, 1.82) is 0 Å². The standard InChI is InChI=1S/C28H32FN5O2S/c1-4-35-25-14-21-23(15-26(25)36-5-2)32-27(16-34-11-7-6-8-12-34)33-28(21)31-19-9-10-22(29)20(13-19)24-17-37-18(3)30-24/h9-10,13-15,17H,4-8,11-12,16H2,1-3H3,(H,31,32,33). The van der Waals surface area contributed by atoms with E-state index in [1.807, 2.05) is 38.3 Å². The van der Waals surface area contributed by atoms with Gasteiger partial charge in [-0.05, 0) is 71.0 Å². The number of fused-ring (bicyclic) bond motifs is 1. The van der Waals surface area contributed by atoms with Crippen molar-refractivity contribution in [1.82, 2.24) is 19.9 Å². The molecule has 0 bridgehead atoms. The molecule has 1 saturated heterocycles. The summed E-state index contributed by atoms with van der Waals surface area (Å²) in [6, 6.07) is 8.80. The van der Waals surface area contributed by atoms with E-state index in [-0.39, 0.29) is 5.82 Å². The van der Waals surface area contributed by atoms with Crippen molar-refractivity contribution in [2.24, 2.45) is 0 Å². The minimum atomic E-state index is -0.311. The van der Waals surface area contributed by atoms with Crippen molar-refractivity contribution in [3.8, 4) is 22.8 Å². The fourth-order valence-corrected chi connectivity index (χ4v) is 5.24. The number of aryl methyl sites for hydroxylation is 1. The van der Waals surface area contributed by atoms with Crippen LogP contribution in [0.4, 0.5) is 15.9 Å². The summed E-state index contributed by atoms with van der Waals surface area (Å²) in [7, 11) is 0. The molecule has 194 valence electrons. The molecule has 0 aliphatic carbocycles. The predicted octanol–water partition coefficient (Wildman–Crippen LogP) is 6.73. The summed E-state index contributed by atoms with van der Waals surface area (Å²) in [6.45, 7) is 9.61. The fourth-order valence-electron chi connectivity index (χ4n) is 4.63. The van der Waals surface area contributed by atoms with Crippen LogP contribution in [-0.2, 0) is 6.54 Å². The maximum absolute atomic E-state index is 14.7. The minimum Gasteiger partial charge on any atom is -0.490 e. The van der Waals surface area contributed by atoms with Crippen LogP contribution in [0, 0.1) is 12.7 Å². The van der Waals surface area contributed by atoms with Gasteiger partial charge in [-0.3, -0.25) is 4.90 Å². The van der Waals surface area contributed by atoms with Crippen molar-refractivity contribution >= 4 is 33.7 Å². The van der Waals surface area contributed by atoms with Gasteiger partial charge in [-0.15, -0.1) is 11.3 Å². The van der Waals surface area contributed by atoms with Crippen LogP contribution in [0.5, 0.6) is 11.5 Å². The highest BCUT2D eigenvalue weighted by Gasteiger charge is 2.18. The van der Waals surface area contributed by atoms with Gasteiger partial charge in [0.25, 0.3) is 0 Å². The number of anilines is 2. The molecule has 1 aliphatic heterocycles. The van der Waals surface area contributed by atoms with Crippen LogP contribution < -0.4 is 14.8 Å². The van der Waals surface area contributed by atoms with E-state index in [2.05, 4.69) is 15.2 Å². The van der Waals surface area contributed by atoms with Gasteiger partial charge >= 0.3 is 0 Å². The molecular formula is C28H32FN5O2S. The molecule has 37 heavy (non-hydrogen) atoms. The number of ether oxygens (including phenoxy) is 2. The zero-order valence-electron chi connectivity index (χ0n) is 21.5. The van der Waals surface area contributed by atoms with Crippen LogP contribution in [0.3, 0.4) is 0 Å². The maximum Gasteiger partial charge on any atom is 0.163 e. The summed E-state index contributed by atoms with van der Waals surface area (Å²) in [5, 5.41) is 7.01. The molecule has 0 amide bonds. The number of rotatable bonds is 9. The number of hydrogen-bond acceptors (Lipinski definition) is 8. The highest BCUT2D eigenvalue weighted by atomic mass is 32.1. The quantitative estimate of drug-likeness (QED) is 0.262. The SMILES string of the molecule is CCOc1cc2nc(CN3CCCCC3)nc(Nc3ccc(F)c(-c4csc(C)n4)c3)c2cc1OCC. The van der Waals surface area contributed by atoms with Crippen LogP contribution in [0.15, 0.2) is 35.7 Å². The van der Waals surface area contributed by atoms with Gasteiger partial charge in [-0.25, -0.2) is 19.3 Å². The third kappa shape index (κ3) is 5.83. The molecule has 1 fully saturated rings. The average molecular weight is 522 g/mol. The summed E-state index contributed by atoms with van der Waals surface area (Å²) in [4.78, 5) is 16.7. The number of nitrogens with zero attached hydrogens (tertiary/aromatic N) is 4. The molecule has 1 aliphatic rings. The Kier molecular flexibility index (Phi) is 7.81. The third-order valence-electron chi connectivity index (χ3n) is 6.34. The maximum atomic E-state index is 14.7. The Bertz CT molecular complexity index is 1390. The third-order valence-corrected chi connectivity index (χ3v) is 7.12. The van der Waals surface area contributed by atoms with Crippen molar-refractivity contribution in [3.63, 3.8) is 0 Å². The second-order valence-corrected chi connectivity index (χ2v) is 10.1. The summed E-state index contributed by atoms with van der Waals surface area (Å²) in [5.41, 5.74) is 2.57. The zero-order chi connectivity index (χ0) is 25.8. The van der Waals surface area contributed by atoms with Crippen LogP contribution in [0.1, 0.15) is 43.9 Å². The number of hydrogen-bond donors (Lipinski definition) is 1. The second kappa shape index (κ2) is 11.4. The molecule has 2 aromatic heterocycles. The molecule has 0 spiro atoms. The molecule has 0 radical (unpaired) electrons. The Labute approximate surface area is 220 Å². The Balaban J connectivity index is 1.57. The lowest BCUT2D eigenvalue weighted by atomic mass is 10.1. The van der Waals surface area contributed by atoms with Gasteiger partial charge < -0.3 is 14.8 Å². The summed E-state index contributed by atoms with van der Waals surface area (Å²) >= 11 is 1.50.